The van der Waals surface area contributed by atoms with E-state index in [1.807, 2.05) is 51.2 Å². The van der Waals surface area contributed by atoms with Crippen molar-refractivity contribution in [2.75, 3.05) is 25.2 Å². The summed E-state index contributed by atoms with van der Waals surface area (Å²) in [6.07, 6.45) is 2.07. The third-order valence-electron chi connectivity index (χ3n) is 4.50. The van der Waals surface area contributed by atoms with Gasteiger partial charge in [0.05, 0.1) is 18.4 Å². The number of benzene rings is 2. The summed E-state index contributed by atoms with van der Waals surface area (Å²) in [5.41, 5.74) is 4.21. The van der Waals surface area contributed by atoms with E-state index in [4.69, 9.17) is 0 Å². The number of rotatable bonds is 7. The van der Waals surface area contributed by atoms with Crippen LogP contribution < -0.4 is 10.2 Å². The van der Waals surface area contributed by atoms with Crippen LogP contribution in [0.4, 0.5) is 5.82 Å². The van der Waals surface area contributed by atoms with Crippen molar-refractivity contribution in [1.29, 1.82) is 0 Å². The Labute approximate surface area is 170 Å². The number of carbonyl (C=O) groups is 1. The number of anilines is 1. The monoisotopic (exact) mass is 395 g/mol. The zero-order valence-corrected chi connectivity index (χ0v) is 17.6. The number of hydrogen-bond donors (Lipinski definition) is 2. The summed E-state index contributed by atoms with van der Waals surface area (Å²) in [5.74, 6) is 0.676. The molecule has 1 aromatic heterocycles. The van der Waals surface area contributed by atoms with Crippen LogP contribution in [-0.2, 0) is 11.3 Å². The van der Waals surface area contributed by atoms with E-state index in [2.05, 4.69) is 40.9 Å². The van der Waals surface area contributed by atoms with Crippen molar-refractivity contribution in [2.45, 2.75) is 25.3 Å². The molecule has 5 nitrogen and oxygen atoms in total. The molecule has 0 aliphatic heterocycles. The van der Waals surface area contributed by atoms with Gasteiger partial charge in [-0.05, 0) is 44.4 Å². The smallest absolute Gasteiger partial charge is 0.280 e. The minimum atomic E-state index is -0.0218. The van der Waals surface area contributed by atoms with Crippen molar-refractivity contribution in [3.8, 4) is 5.69 Å². The normalized spacial score (nSPS) is 12.0. The molecule has 0 aliphatic rings. The molecule has 0 saturated carbocycles. The molecule has 0 saturated heterocycles. The number of carbonyl (C=O) groups excluding carboxylic acids is 1. The fraction of sp³-hybridized carbons (Fsp3) is 0.273. The predicted molar refractivity (Wildman–Crippen MR) is 115 cm³/mol. The lowest BCUT2D eigenvalue weighted by atomic mass is 10.2. The minimum absolute atomic E-state index is 0.0218. The van der Waals surface area contributed by atoms with Crippen LogP contribution in [0.5, 0.6) is 0 Å². The third-order valence-corrected chi connectivity index (χ3v) is 5.25. The van der Waals surface area contributed by atoms with Gasteiger partial charge in [0.25, 0.3) is 5.91 Å². The molecule has 0 aliphatic carbocycles. The second kappa shape index (κ2) is 9.08. The lowest BCUT2D eigenvalue weighted by Gasteiger charge is -2.15. The molecule has 3 rings (SSSR count). The van der Waals surface area contributed by atoms with Gasteiger partial charge in [-0.15, -0.1) is 11.8 Å². The number of aryl methyl sites for hydroxylation is 2. The van der Waals surface area contributed by atoms with Crippen LogP contribution in [0, 0.1) is 13.8 Å². The minimum Gasteiger partial charge on any atom is -0.326 e. The Bertz CT molecular complexity index is 932. The van der Waals surface area contributed by atoms with Crippen LogP contribution in [0.15, 0.2) is 59.5 Å². The number of nitrogens with zero attached hydrogens (tertiary/aromatic N) is 2. The number of nitrogens with one attached hydrogen (secondary N) is 2. The molecule has 3 aromatic rings. The molecule has 146 valence electrons. The highest BCUT2D eigenvalue weighted by atomic mass is 32.2. The number of quaternary nitrogens is 1. The van der Waals surface area contributed by atoms with Gasteiger partial charge in [0.1, 0.15) is 12.4 Å². The molecule has 0 spiro atoms. The average molecular weight is 396 g/mol. The van der Waals surface area contributed by atoms with Crippen LogP contribution in [-0.4, -0.2) is 35.5 Å². The summed E-state index contributed by atoms with van der Waals surface area (Å²) in [6.45, 7) is 5.17. The van der Waals surface area contributed by atoms with Crippen LogP contribution in [0.2, 0.25) is 0 Å². The molecule has 6 heteroatoms. The van der Waals surface area contributed by atoms with E-state index in [1.54, 1.807) is 16.4 Å². The zero-order chi connectivity index (χ0) is 20.1. The first-order valence-electron chi connectivity index (χ1n) is 9.32. The molecule has 2 aromatic carbocycles. The van der Waals surface area contributed by atoms with Gasteiger partial charge in [0, 0.05) is 16.5 Å². The Morgan fingerprint density at radius 3 is 2.43 bits per heavy atom. The van der Waals surface area contributed by atoms with Gasteiger partial charge >= 0.3 is 0 Å². The van der Waals surface area contributed by atoms with Gasteiger partial charge in [-0.3, -0.25) is 4.79 Å². The second-order valence-electron chi connectivity index (χ2n) is 7.13. The van der Waals surface area contributed by atoms with Crippen molar-refractivity contribution in [3.63, 3.8) is 0 Å². The maximum Gasteiger partial charge on any atom is 0.280 e. The van der Waals surface area contributed by atoms with E-state index in [9.17, 15) is 4.79 Å². The number of amides is 1. The average Bonchev–Trinajstić information content (AvgIpc) is 3.02. The summed E-state index contributed by atoms with van der Waals surface area (Å²) in [7, 11) is 2.03. The molecule has 0 radical (unpaired) electrons. The fourth-order valence-electron chi connectivity index (χ4n) is 3.09. The highest BCUT2D eigenvalue weighted by molar-refractivity contribution is 7.98. The highest BCUT2D eigenvalue weighted by Crippen LogP contribution is 2.17. The molecular formula is C22H27N4OS+. The van der Waals surface area contributed by atoms with E-state index < -0.39 is 0 Å². The lowest BCUT2D eigenvalue weighted by Crippen LogP contribution is -3.08. The van der Waals surface area contributed by atoms with Crippen molar-refractivity contribution in [1.82, 2.24) is 9.78 Å². The summed E-state index contributed by atoms with van der Waals surface area (Å²) >= 11 is 1.73. The Morgan fingerprint density at radius 2 is 1.79 bits per heavy atom. The van der Waals surface area contributed by atoms with Gasteiger partial charge in [0.2, 0.25) is 0 Å². The molecule has 1 amide bonds. The lowest BCUT2D eigenvalue weighted by molar-refractivity contribution is -0.885. The topological polar surface area (TPSA) is 51.4 Å². The number of likely N-dealkylation sites (N-methyl/N-ethyl adjacent to an activating group) is 1. The summed E-state index contributed by atoms with van der Waals surface area (Å²) in [5, 5.41) is 7.54. The molecule has 1 heterocycles. The molecule has 2 N–H and O–H groups in total. The number of hydrogen-bond acceptors (Lipinski definition) is 3. The fourth-order valence-corrected chi connectivity index (χ4v) is 3.50. The highest BCUT2D eigenvalue weighted by Gasteiger charge is 2.15. The van der Waals surface area contributed by atoms with Crippen molar-refractivity contribution < 1.29 is 9.69 Å². The predicted octanol–water partition coefficient (Wildman–Crippen LogP) is 2.86. The molecule has 1 unspecified atom stereocenters. The third kappa shape index (κ3) is 5.24. The van der Waals surface area contributed by atoms with Crippen LogP contribution >= 0.6 is 11.8 Å². The number of thioether (sulfide) groups is 1. The van der Waals surface area contributed by atoms with Gasteiger partial charge in [-0.1, -0.05) is 29.8 Å². The van der Waals surface area contributed by atoms with Crippen LogP contribution in [0.25, 0.3) is 5.69 Å². The first-order valence-corrected chi connectivity index (χ1v) is 10.5. The zero-order valence-electron chi connectivity index (χ0n) is 16.8. The standard InChI is InChI=1S/C22H26N4OS/c1-16-5-9-19(10-6-16)26-21(13-17(2)24-26)23-22(27)15-25(3)14-18-7-11-20(28-4)12-8-18/h5-13H,14-15H2,1-4H3,(H,23,27)/p+1. The molecule has 28 heavy (non-hydrogen) atoms. The van der Waals surface area contributed by atoms with E-state index in [0.717, 1.165) is 22.8 Å². The van der Waals surface area contributed by atoms with Crippen LogP contribution in [0.3, 0.4) is 0 Å². The van der Waals surface area contributed by atoms with Gasteiger partial charge < -0.3 is 10.2 Å². The first-order chi connectivity index (χ1) is 13.4. The largest absolute Gasteiger partial charge is 0.326 e. The van der Waals surface area contributed by atoms with Crippen molar-refractivity contribution in [2.24, 2.45) is 0 Å². The van der Waals surface area contributed by atoms with Crippen LogP contribution in [0.1, 0.15) is 16.8 Å². The quantitative estimate of drug-likeness (QED) is 0.605. The maximum absolute atomic E-state index is 12.6. The van der Waals surface area contributed by atoms with Gasteiger partial charge in [-0.2, -0.15) is 5.10 Å². The number of aromatic nitrogens is 2. The van der Waals surface area contributed by atoms with E-state index in [0.29, 0.717) is 12.4 Å². The Balaban J connectivity index is 1.63. The Morgan fingerprint density at radius 1 is 1.11 bits per heavy atom. The van der Waals surface area contributed by atoms with E-state index in [1.165, 1.54) is 16.0 Å². The van der Waals surface area contributed by atoms with E-state index >= 15 is 0 Å². The SMILES string of the molecule is CSc1ccc(C[NH+](C)CC(=O)Nc2cc(C)nn2-c2ccc(C)cc2)cc1. The Hall–Kier alpha value is -2.57. The molecular weight excluding hydrogens is 368 g/mol. The second-order valence-corrected chi connectivity index (χ2v) is 8.00. The summed E-state index contributed by atoms with van der Waals surface area (Å²) in [6, 6.07) is 18.5. The van der Waals surface area contributed by atoms with Gasteiger partial charge in [-0.25, -0.2) is 4.68 Å². The maximum atomic E-state index is 12.6. The molecule has 0 fully saturated rings. The molecule has 1 atom stereocenters. The van der Waals surface area contributed by atoms with E-state index in [-0.39, 0.29) is 5.91 Å². The van der Waals surface area contributed by atoms with Crippen molar-refractivity contribution in [3.05, 3.63) is 71.4 Å². The first kappa shape index (κ1) is 20.2. The summed E-state index contributed by atoms with van der Waals surface area (Å²) < 4.78 is 1.78. The Kier molecular flexibility index (Phi) is 6.54. The summed E-state index contributed by atoms with van der Waals surface area (Å²) in [4.78, 5) is 15.0. The van der Waals surface area contributed by atoms with Crippen molar-refractivity contribution >= 4 is 23.5 Å². The molecule has 0 bridgehead atoms. The van der Waals surface area contributed by atoms with Gasteiger partial charge in [0.15, 0.2) is 6.54 Å².